The van der Waals surface area contributed by atoms with Crippen LogP contribution in [0, 0.1) is 11.8 Å². The highest BCUT2D eigenvalue weighted by atomic mass is 32.2. The molecule has 1 aromatic heterocycles. The molecule has 1 amide bonds. The molecule has 124 valence electrons. The average Bonchev–Trinajstić information content (AvgIpc) is 3.48. The van der Waals surface area contributed by atoms with Crippen LogP contribution in [-0.2, 0) is 11.8 Å². The van der Waals surface area contributed by atoms with Gasteiger partial charge in [0.25, 0.3) is 0 Å². The van der Waals surface area contributed by atoms with Crippen molar-refractivity contribution in [1.29, 1.82) is 0 Å². The Morgan fingerprint density at radius 3 is 2.42 bits per heavy atom. The minimum atomic E-state index is -0.00231. The smallest absolute Gasteiger partial charge is 0.248 e. The van der Waals surface area contributed by atoms with Crippen molar-refractivity contribution < 1.29 is 4.79 Å². The number of hydrogen-bond donors (Lipinski definition) is 1. The fourth-order valence-corrected chi connectivity index (χ4v) is 3.57. The van der Waals surface area contributed by atoms with E-state index in [4.69, 9.17) is 0 Å². The van der Waals surface area contributed by atoms with Crippen molar-refractivity contribution in [2.45, 2.75) is 35.7 Å². The monoisotopic (exact) mass is 340 g/mol. The van der Waals surface area contributed by atoms with Crippen LogP contribution in [0.1, 0.15) is 25.7 Å². The van der Waals surface area contributed by atoms with Gasteiger partial charge in [0.05, 0.1) is 0 Å². The number of carbonyl (C=O) groups is 1. The predicted molar refractivity (Wildman–Crippen MR) is 93.7 cm³/mol. The fraction of sp³-hybridized carbons (Fsp3) is 0.389. The number of anilines is 1. The second-order valence-electron chi connectivity index (χ2n) is 6.53. The van der Waals surface area contributed by atoms with Gasteiger partial charge >= 0.3 is 0 Å². The molecule has 1 aromatic carbocycles. The van der Waals surface area contributed by atoms with Crippen molar-refractivity contribution in [2.24, 2.45) is 18.9 Å². The summed E-state index contributed by atoms with van der Waals surface area (Å²) in [4.78, 5) is 13.3. The average molecular weight is 340 g/mol. The largest absolute Gasteiger partial charge is 0.323 e. The number of aromatic nitrogens is 3. The molecule has 4 rings (SSSR count). The number of benzene rings is 1. The van der Waals surface area contributed by atoms with Crippen molar-refractivity contribution in [3.05, 3.63) is 42.2 Å². The Hall–Kier alpha value is -2.08. The van der Waals surface area contributed by atoms with Crippen LogP contribution in [0.15, 0.2) is 52.3 Å². The molecule has 2 fully saturated rings. The van der Waals surface area contributed by atoms with Gasteiger partial charge in [-0.1, -0.05) is 5.57 Å². The first kappa shape index (κ1) is 15.4. The van der Waals surface area contributed by atoms with Crippen LogP contribution in [0.2, 0.25) is 0 Å². The molecule has 0 bridgehead atoms. The minimum absolute atomic E-state index is 0.00231. The number of rotatable bonds is 6. The van der Waals surface area contributed by atoms with Crippen molar-refractivity contribution in [1.82, 2.24) is 14.8 Å². The molecule has 5 nitrogen and oxygen atoms in total. The van der Waals surface area contributed by atoms with Gasteiger partial charge in [0.15, 0.2) is 5.16 Å². The predicted octanol–water partition coefficient (Wildman–Crippen LogP) is 3.65. The lowest BCUT2D eigenvalue weighted by atomic mass is 10.1. The number of allylic oxidation sites excluding steroid dienone is 1. The molecule has 2 aliphatic carbocycles. The van der Waals surface area contributed by atoms with E-state index in [1.807, 2.05) is 42.0 Å². The highest BCUT2D eigenvalue weighted by Gasteiger charge is 2.36. The van der Waals surface area contributed by atoms with E-state index in [-0.39, 0.29) is 5.91 Å². The van der Waals surface area contributed by atoms with E-state index in [0.29, 0.717) is 11.8 Å². The molecule has 0 atom stereocenters. The van der Waals surface area contributed by atoms with Gasteiger partial charge in [-0.15, -0.1) is 10.2 Å². The van der Waals surface area contributed by atoms with Crippen LogP contribution in [0.4, 0.5) is 5.69 Å². The lowest BCUT2D eigenvalue weighted by Crippen LogP contribution is -2.10. The maximum absolute atomic E-state index is 12.3. The fourth-order valence-electron chi connectivity index (χ4n) is 2.81. The van der Waals surface area contributed by atoms with Gasteiger partial charge in [-0.3, -0.25) is 4.79 Å². The Morgan fingerprint density at radius 1 is 1.21 bits per heavy atom. The second-order valence-corrected chi connectivity index (χ2v) is 7.57. The first-order valence-electron chi connectivity index (χ1n) is 8.33. The van der Waals surface area contributed by atoms with Gasteiger partial charge in [0.2, 0.25) is 5.91 Å². The summed E-state index contributed by atoms with van der Waals surface area (Å²) in [6.45, 7) is 0. The molecular formula is C18H20N4OS. The topological polar surface area (TPSA) is 59.8 Å². The summed E-state index contributed by atoms with van der Waals surface area (Å²) < 4.78 is 1.88. The van der Waals surface area contributed by atoms with Gasteiger partial charge in [0.1, 0.15) is 6.33 Å². The Labute approximate surface area is 145 Å². The van der Waals surface area contributed by atoms with E-state index in [0.717, 1.165) is 15.7 Å². The second kappa shape index (κ2) is 6.43. The third-order valence-electron chi connectivity index (χ3n) is 4.40. The van der Waals surface area contributed by atoms with Crippen LogP contribution in [-0.4, -0.2) is 20.7 Å². The lowest BCUT2D eigenvalue weighted by Gasteiger charge is -2.07. The molecule has 2 aromatic rings. The summed E-state index contributed by atoms with van der Waals surface area (Å²) in [7, 11) is 1.92. The number of nitrogens with zero attached hydrogens (tertiary/aromatic N) is 3. The summed E-state index contributed by atoms with van der Waals surface area (Å²) in [5.74, 6) is 1.35. The molecule has 0 spiro atoms. The zero-order chi connectivity index (χ0) is 16.5. The molecular weight excluding hydrogens is 320 g/mol. The summed E-state index contributed by atoms with van der Waals surface area (Å²) >= 11 is 1.55. The summed E-state index contributed by atoms with van der Waals surface area (Å²) in [6, 6.07) is 7.83. The summed E-state index contributed by atoms with van der Waals surface area (Å²) in [5.41, 5.74) is 2.20. The van der Waals surface area contributed by atoms with Crippen LogP contribution in [0.25, 0.3) is 0 Å². The number of carbonyl (C=O) groups excluding carboxylic acids is 1. The number of aryl methyl sites for hydroxylation is 1. The zero-order valence-electron chi connectivity index (χ0n) is 13.6. The van der Waals surface area contributed by atoms with Gasteiger partial charge in [-0.05, 0) is 73.5 Å². The van der Waals surface area contributed by atoms with Gasteiger partial charge in [-0.25, -0.2) is 0 Å². The van der Waals surface area contributed by atoms with E-state index >= 15 is 0 Å². The van der Waals surface area contributed by atoms with Crippen molar-refractivity contribution in [2.75, 3.05) is 5.32 Å². The maximum Gasteiger partial charge on any atom is 0.248 e. The molecule has 0 radical (unpaired) electrons. The molecule has 2 aliphatic rings. The van der Waals surface area contributed by atoms with Crippen molar-refractivity contribution in [3.8, 4) is 0 Å². The van der Waals surface area contributed by atoms with E-state index in [2.05, 4.69) is 15.5 Å². The standard InChI is InChI=1S/C18H20N4OS/c1-22-11-19-21-18(22)24-15-8-6-14(7-9-15)20-17(23)10-16(12-2-3-12)13-4-5-13/h6-13H,2-5H2,1H3,(H,20,23). The van der Waals surface area contributed by atoms with E-state index < -0.39 is 0 Å². The van der Waals surface area contributed by atoms with E-state index in [1.165, 1.54) is 31.3 Å². The normalized spacial score (nSPS) is 16.7. The van der Waals surface area contributed by atoms with Gasteiger partial charge < -0.3 is 9.88 Å². The Kier molecular flexibility index (Phi) is 4.14. The maximum atomic E-state index is 12.3. The molecule has 6 heteroatoms. The highest BCUT2D eigenvalue weighted by Crippen LogP contribution is 2.48. The quantitative estimate of drug-likeness (QED) is 0.816. The number of hydrogen-bond acceptors (Lipinski definition) is 4. The van der Waals surface area contributed by atoms with E-state index in [1.54, 1.807) is 18.1 Å². The molecule has 0 saturated heterocycles. The van der Waals surface area contributed by atoms with Crippen LogP contribution < -0.4 is 5.32 Å². The Balaban J connectivity index is 1.39. The lowest BCUT2D eigenvalue weighted by molar-refractivity contribution is -0.112. The SMILES string of the molecule is Cn1cnnc1Sc1ccc(NC(=O)C=C(C2CC2)C2CC2)cc1. The summed E-state index contributed by atoms with van der Waals surface area (Å²) in [5, 5.41) is 11.7. The molecule has 2 saturated carbocycles. The van der Waals surface area contributed by atoms with Gasteiger partial charge in [0, 0.05) is 23.7 Å². The third-order valence-corrected chi connectivity index (χ3v) is 5.46. The highest BCUT2D eigenvalue weighted by molar-refractivity contribution is 7.99. The first-order chi connectivity index (χ1) is 11.7. The Bertz CT molecular complexity index is 759. The molecule has 1 N–H and O–H groups in total. The first-order valence-corrected chi connectivity index (χ1v) is 9.15. The number of nitrogens with one attached hydrogen (secondary N) is 1. The van der Waals surface area contributed by atoms with Crippen molar-refractivity contribution in [3.63, 3.8) is 0 Å². The number of amides is 1. The van der Waals surface area contributed by atoms with Crippen LogP contribution >= 0.6 is 11.8 Å². The summed E-state index contributed by atoms with van der Waals surface area (Å²) in [6.07, 6.45) is 8.54. The van der Waals surface area contributed by atoms with Gasteiger partial charge in [-0.2, -0.15) is 0 Å². The zero-order valence-corrected chi connectivity index (χ0v) is 14.4. The van der Waals surface area contributed by atoms with Crippen molar-refractivity contribution >= 4 is 23.4 Å². The van der Waals surface area contributed by atoms with E-state index in [9.17, 15) is 4.79 Å². The molecule has 0 aliphatic heterocycles. The molecule has 24 heavy (non-hydrogen) atoms. The molecule has 0 unspecified atom stereocenters. The van der Waals surface area contributed by atoms with Crippen LogP contribution in [0.5, 0.6) is 0 Å². The minimum Gasteiger partial charge on any atom is -0.323 e. The third kappa shape index (κ3) is 3.70. The Morgan fingerprint density at radius 2 is 1.88 bits per heavy atom. The van der Waals surface area contributed by atoms with Crippen LogP contribution in [0.3, 0.4) is 0 Å². The molecule has 1 heterocycles.